The standard InChI is InChI=1S/C50H52Cl2N8O9S2/c1-27-41-43(31-11-15-33(51)16-12-31)53-35(25-39(63)65-5)47-57-55-29(3)59(47)49(41)70-45(27)37(61)9-7-19-67-21-23-69-24-22-68-20-8-10-38(62)46-28(2)42-44(32-13-17-34(52)18-14-32)54-36(26-40(64)66-6)48-58-56-30(4)60(48)50(42)71-46/h11-18,35-36H,7-10,19-26H2,1-6H3/t35-,36-/m0/s1. The molecule has 0 bridgehead atoms. The molecule has 2 aliphatic rings. The average molecular weight is 1040 g/mol. The summed E-state index contributed by atoms with van der Waals surface area (Å²) >= 11 is 15.2. The molecule has 0 spiro atoms. The van der Waals surface area contributed by atoms with Gasteiger partial charge >= 0.3 is 11.9 Å². The molecule has 4 aromatic heterocycles. The second-order valence-corrected chi connectivity index (χ2v) is 19.7. The number of ether oxygens (including phenoxy) is 5. The predicted molar refractivity (Wildman–Crippen MR) is 270 cm³/mol. The maximum Gasteiger partial charge on any atom is 0.308 e. The first-order valence-electron chi connectivity index (χ1n) is 23.0. The minimum Gasteiger partial charge on any atom is -0.469 e. The van der Waals surface area contributed by atoms with Gasteiger partial charge in [-0.1, -0.05) is 47.5 Å². The van der Waals surface area contributed by atoms with Crippen molar-refractivity contribution in [2.24, 2.45) is 9.98 Å². The summed E-state index contributed by atoms with van der Waals surface area (Å²) in [5.41, 5.74) is 5.96. The third-order valence-corrected chi connectivity index (χ3v) is 15.2. The number of carbonyl (C=O) groups is 4. The number of aromatic nitrogens is 6. The number of halogens is 2. The van der Waals surface area contributed by atoms with Gasteiger partial charge in [-0.3, -0.25) is 38.3 Å². The van der Waals surface area contributed by atoms with Crippen LogP contribution in [0, 0.1) is 27.7 Å². The van der Waals surface area contributed by atoms with Gasteiger partial charge in [0.15, 0.2) is 23.2 Å². The van der Waals surface area contributed by atoms with Gasteiger partial charge in [-0.2, -0.15) is 0 Å². The number of fused-ring (bicyclic) bond motifs is 6. The fourth-order valence-electron chi connectivity index (χ4n) is 8.50. The van der Waals surface area contributed by atoms with Crippen LogP contribution in [0.1, 0.15) is 127 Å². The summed E-state index contributed by atoms with van der Waals surface area (Å²) in [6, 6.07) is 13.3. The molecule has 2 atom stereocenters. The normalized spacial score (nSPS) is 14.9. The van der Waals surface area contributed by atoms with Crippen LogP contribution in [0.2, 0.25) is 10.0 Å². The topological polar surface area (TPSA) is 201 Å². The van der Waals surface area contributed by atoms with Crippen LogP contribution in [0.4, 0.5) is 0 Å². The number of nitrogens with zero attached hydrogens (tertiary/aromatic N) is 8. The third-order valence-electron chi connectivity index (χ3n) is 12.0. The van der Waals surface area contributed by atoms with Crippen LogP contribution < -0.4 is 0 Å². The van der Waals surface area contributed by atoms with E-state index in [2.05, 4.69) is 20.4 Å². The highest BCUT2D eigenvalue weighted by Gasteiger charge is 2.36. The highest BCUT2D eigenvalue weighted by Crippen LogP contribution is 2.42. The van der Waals surface area contributed by atoms with Crippen LogP contribution in [0.5, 0.6) is 0 Å². The van der Waals surface area contributed by atoms with Gasteiger partial charge in [0.2, 0.25) is 0 Å². The Morgan fingerprint density at radius 2 is 0.915 bits per heavy atom. The van der Waals surface area contributed by atoms with Gasteiger partial charge in [0.25, 0.3) is 0 Å². The molecule has 0 radical (unpaired) electrons. The molecule has 6 heterocycles. The highest BCUT2D eigenvalue weighted by molar-refractivity contribution is 7.17. The molecule has 2 aliphatic heterocycles. The van der Waals surface area contributed by atoms with Gasteiger partial charge in [-0.25, -0.2) is 0 Å². The van der Waals surface area contributed by atoms with E-state index in [1.807, 2.05) is 61.1 Å². The number of rotatable bonds is 22. The van der Waals surface area contributed by atoms with Gasteiger partial charge in [-0.15, -0.1) is 43.1 Å². The highest BCUT2D eigenvalue weighted by atomic mass is 35.5. The van der Waals surface area contributed by atoms with Crippen molar-refractivity contribution in [2.45, 2.75) is 78.3 Å². The Labute approximate surface area is 428 Å². The fraction of sp³-hybridized carbons (Fsp3) is 0.400. The van der Waals surface area contributed by atoms with Crippen molar-refractivity contribution >= 4 is 80.8 Å². The second kappa shape index (κ2) is 23.2. The molecule has 372 valence electrons. The molecule has 0 unspecified atom stereocenters. The second-order valence-electron chi connectivity index (χ2n) is 16.8. The summed E-state index contributed by atoms with van der Waals surface area (Å²) in [6.07, 6.45) is 1.52. The lowest BCUT2D eigenvalue weighted by atomic mass is 9.98. The van der Waals surface area contributed by atoms with E-state index in [9.17, 15) is 19.2 Å². The van der Waals surface area contributed by atoms with Crippen molar-refractivity contribution in [3.63, 3.8) is 0 Å². The third kappa shape index (κ3) is 11.3. The molecule has 17 nitrogen and oxygen atoms in total. The zero-order valence-corrected chi connectivity index (χ0v) is 43.2. The van der Waals surface area contributed by atoms with Crippen LogP contribution in [0.3, 0.4) is 0 Å². The molecule has 0 amide bonds. The van der Waals surface area contributed by atoms with Crippen LogP contribution in [-0.4, -0.2) is 118 Å². The van der Waals surface area contributed by atoms with E-state index in [0.29, 0.717) is 107 Å². The zero-order valence-electron chi connectivity index (χ0n) is 40.1. The van der Waals surface area contributed by atoms with Gasteiger partial charge < -0.3 is 23.7 Å². The van der Waals surface area contributed by atoms with Crippen molar-refractivity contribution in [1.29, 1.82) is 0 Å². The molecule has 0 fully saturated rings. The Bertz CT molecular complexity index is 2810. The molecular formula is C50H52Cl2N8O9S2. The first-order chi connectivity index (χ1) is 34.3. The molecule has 6 aromatic rings. The molecule has 21 heteroatoms. The Balaban J connectivity index is 0.792. The Hall–Kier alpha value is -5.80. The van der Waals surface area contributed by atoms with Crippen molar-refractivity contribution in [2.75, 3.05) is 53.9 Å². The first-order valence-corrected chi connectivity index (χ1v) is 25.4. The van der Waals surface area contributed by atoms with E-state index >= 15 is 0 Å². The van der Waals surface area contributed by atoms with Crippen molar-refractivity contribution in [3.8, 4) is 10.0 Å². The van der Waals surface area contributed by atoms with Crippen LogP contribution in [-0.2, 0) is 33.3 Å². The number of benzene rings is 2. The van der Waals surface area contributed by atoms with E-state index in [4.69, 9.17) is 56.9 Å². The number of aryl methyl sites for hydroxylation is 2. The van der Waals surface area contributed by atoms with Crippen molar-refractivity contribution in [1.82, 2.24) is 29.5 Å². The van der Waals surface area contributed by atoms with Gasteiger partial charge in [0, 0.05) is 58.4 Å². The SMILES string of the molecule is COC(=O)C[C@@H]1N=C(c2ccc(Cl)cc2)c2c(sc(C(=O)CCCOCCOCCOCCCC(=O)c3sc4c(c3C)C(c3ccc(Cl)cc3)=N[C@@H](CC(=O)OC)c3nnc(C)n3-4)c2C)-n2c(C)nnc21. The van der Waals surface area contributed by atoms with Crippen molar-refractivity contribution in [3.05, 3.63) is 125 Å². The minimum atomic E-state index is -0.662. The number of aliphatic imine (C=N–C) groups is 2. The summed E-state index contributed by atoms with van der Waals surface area (Å²) in [6.45, 7) is 9.68. The molecular weight excluding hydrogens is 992 g/mol. The molecule has 0 aliphatic carbocycles. The number of ketones is 2. The van der Waals surface area contributed by atoms with Gasteiger partial charge in [0.1, 0.15) is 33.7 Å². The van der Waals surface area contributed by atoms with E-state index in [0.717, 1.165) is 43.4 Å². The van der Waals surface area contributed by atoms with Crippen LogP contribution in [0.25, 0.3) is 10.0 Å². The van der Waals surface area contributed by atoms with E-state index in [1.165, 1.54) is 36.9 Å². The van der Waals surface area contributed by atoms with E-state index in [1.54, 1.807) is 24.3 Å². The summed E-state index contributed by atoms with van der Waals surface area (Å²) < 4.78 is 31.1. The smallest absolute Gasteiger partial charge is 0.308 e. The lowest BCUT2D eigenvalue weighted by Crippen LogP contribution is -2.12. The Morgan fingerprint density at radius 1 is 0.549 bits per heavy atom. The Kier molecular flexibility index (Phi) is 16.8. The Morgan fingerprint density at radius 3 is 1.28 bits per heavy atom. The summed E-state index contributed by atoms with van der Waals surface area (Å²) in [5.74, 6) is 1.31. The number of Topliss-reactive ketones (excluding diaryl/α,β-unsaturated/α-hetero) is 2. The summed E-state index contributed by atoms with van der Waals surface area (Å²) in [5, 5.41) is 20.1. The lowest BCUT2D eigenvalue weighted by molar-refractivity contribution is -0.142. The molecule has 0 saturated carbocycles. The molecule has 71 heavy (non-hydrogen) atoms. The molecule has 0 N–H and O–H groups in total. The monoisotopic (exact) mass is 1040 g/mol. The lowest BCUT2D eigenvalue weighted by Gasteiger charge is -2.12. The van der Waals surface area contributed by atoms with Crippen LogP contribution >= 0.6 is 45.9 Å². The number of carbonyl (C=O) groups excluding carboxylic acids is 4. The summed E-state index contributed by atoms with van der Waals surface area (Å²) in [4.78, 5) is 63.9. The maximum absolute atomic E-state index is 13.8. The predicted octanol–water partition coefficient (Wildman–Crippen LogP) is 9.10. The average Bonchev–Trinajstić information content (AvgIpc) is 4.08. The maximum atomic E-state index is 13.8. The van der Waals surface area contributed by atoms with E-state index in [-0.39, 0.29) is 37.2 Å². The number of methoxy groups -OCH3 is 2. The first kappa shape index (κ1) is 51.6. The molecule has 0 saturated heterocycles. The quantitative estimate of drug-likeness (QED) is 0.0354. The largest absolute Gasteiger partial charge is 0.469 e. The molecule has 8 rings (SSSR count). The summed E-state index contributed by atoms with van der Waals surface area (Å²) in [7, 11) is 2.67. The van der Waals surface area contributed by atoms with Crippen molar-refractivity contribution < 1.29 is 42.9 Å². The van der Waals surface area contributed by atoms with E-state index < -0.39 is 24.0 Å². The van der Waals surface area contributed by atoms with Crippen LogP contribution in [0.15, 0.2) is 58.5 Å². The number of esters is 2. The van der Waals surface area contributed by atoms with Gasteiger partial charge in [-0.05, 0) is 75.9 Å². The van der Waals surface area contributed by atoms with Gasteiger partial charge in [0.05, 0.1) is 74.7 Å². The number of hydrogen-bond acceptors (Lipinski definition) is 17. The number of hydrogen-bond donors (Lipinski definition) is 0. The zero-order chi connectivity index (χ0) is 50.3. The molecule has 2 aromatic carbocycles. The fourth-order valence-corrected chi connectivity index (χ4v) is 11.4. The number of thiophene rings is 2. The minimum absolute atomic E-state index is 0.0154.